The van der Waals surface area contributed by atoms with Crippen LogP contribution >= 0.6 is 11.8 Å². The quantitative estimate of drug-likeness (QED) is 0.552. The van der Waals surface area contributed by atoms with Gasteiger partial charge in [0.15, 0.2) is 0 Å². The Morgan fingerprint density at radius 2 is 1.89 bits per heavy atom. The topological polar surface area (TPSA) is 20.3 Å². The molecule has 18 heavy (non-hydrogen) atoms. The zero-order chi connectivity index (χ0) is 13.4. The standard InChI is InChI=1S/C15H19NOS/c1-4-11-16(12-5-2)15(17)13-9-7-8-10-14(13)18-6-3/h4-5,7-10H,1-2,6,11-12H2,3H3. The third-order valence-corrected chi connectivity index (χ3v) is 3.36. The highest BCUT2D eigenvalue weighted by Gasteiger charge is 2.16. The van der Waals surface area contributed by atoms with E-state index in [-0.39, 0.29) is 5.91 Å². The molecule has 0 atom stereocenters. The Hall–Kier alpha value is -1.48. The monoisotopic (exact) mass is 261 g/mol. The molecule has 0 saturated heterocycles. The lowest BCUT2D eigenvalue weighted by atomic mass is 10.2. The van der Waals surface area contributed by atoms with Crippen molar-refractivity contribution in [2.75, 3.05) is 18.8 Å². The molecule has 1 amide bonds. The summed E-state index contributed by atoms with van der Waals surface area (Å²) in [4.78, 5) is 15.2. The second-order valence-corrected chi connectivity index (χ2v) is 5.02. The van der Waals surface area contributed by atoms with Crippen LogP contribution in [0.5, 0.6) is 0 Å². The summed E-state index contributed by atoms with van der Waals surface area (Å²) in [5.41, 5.74) is 0.757. The fourth-order valence-electron chi connectivity index (χ4n) is 1.65. The van der Waals surface area contributed by atoms with E-state index in [1.807, 2.05) is 24.3 Å². The van der Waals surface area contributed by atoms with E-state index in [0.717, 1.165) is 16.2 Å². The van der Waals surface area contributed by atoms with Gasteiger partial charge in [0.2, 0.25) is 0 Å². The minimum atomic E-state index is 0.0337. The van der Waals surface area contributed by atoms with E-state index in [2.05, 4.69) is 20.1 Å². The summed E-state index contributed by atoms with van der Waals surface area (Å²) in [7, 11) is 0. The average molecular weight is 261 g/mol. The van der Waals surface area contributed by atoms with Crippen molar-refractivity contribution in [3.63, 3.8) is 0 Å². The molecule has 2 nitrogen and oxygen atoms in total. The third kappa shape index (κ3) is 3.77. The predicted octanol–water partition coefficient (Wildman–Crippen LogP) is 3.61. The number of carbonyl (C=O) groups is 1. The lowest BCUT2D eigenvalue weighted by Gasteiger charge is -2.20. The van der Waals surface area contributed by atoms with Crippen LogP contribution < -0.4 is 0 Å². The van der Waals surface area contributed by atoms with Gasteiger partial charge in [-0.3, -0.25) is 4.79 Å². The first-order valence-electron chi connectivity index (χ1n) is 5.97. The van der Waals surface area contributed by atoms with Gasteiger partial charge in [-0.1, -0.05) is 31.2 Å². The Balaban J connectivity index is 2.99. The van der Waals surface area contributed by atoms with Crippen molar-refractivity contribution in [2.24, 2.45) is 0 Å². The Kier molecular flexibility index (Phi) is 6.29. The van der Waals surface area contributed by atoms with Gasteiger partial charge in [-0.25, -0.2) is 0 Å². The molecule has 1 rings (SSSR count). The maximum Gasteiger partial charge on any atom is 0.255 e. The Bertz CT molecular complexity index is 418. The van der Waals surface area contributed by atoms with Crippen LogP contribution in [0.25, 0.3) is 0 Å². The smallest absolute Gasteiger partial charge is 0.255 e. The normalized spacial score (nSPS) is 9.83. The highest BCUT2D eigenvalue weighted by atomic mass is 32.2. The van der Waals surface area contributed by atoms with Crippen LogP contribution in [-0.2, 0) is 0 Å². The van der Waals surface area contributed by atoms with Crippen LogP contribution in [0.15, 0.2) is 54.5 Å². The highest BCUT2D eigenvalue weighted by Crippen LogP contribution is 2.23. The zero-order valence-corrected chi connectivity index (χ0v) is 11.6. The molecule has 0 bridgehead atoms. The lowest BCUT2D eigenvalue weighted by Crippen LogP contribution is -2.31. The molecule has 3 heteroatoms. The molecule has 0 radical (unpaired) electrons. The first-order valence-corrected chi connectivity index (χ1v) is 6.96. The molecule has 1 aromatic carbocycles. The van der Waals surface area contributed by atoms with Crippen molar-refractivity contribution in [2.45, 2.75) is 11.8 Å². The second kappa shape index (κ2) is 7.77. The summed E-state index contributed by atoms with van der Waals surface area (Å²) in [5, 5.41) is 0. The fourth-order valence-corrected chi connectivity index (χ4v) is 2.44. The largest absolute Gasteiger partial charge is 0.331 e. The average Bonchev–Trinajstić information content (AvgIpc) is 2.39. The van der Waals surface area contributed by atoms with Gasteiger partial charge in [0.25, 0.3) is 5.91 Å². The second-order valence-electron chi connectivity index (χ2n) is 3.72. The van der Waals surface area contributed by atoms with E-state index in [4.69, 9.17) is 0 Å². The SMILES string of the molecule is C=CCN(CC=C)C(=O)c1ccccc1SCC. The number of nitrogens with zero attached hydrogens (tertiary/aromatic N) is 1. The van der Waals surface area contributed by atoms with Crippen LogP contribution in [0.4, 0.5) is 0 Å². The van der Waals surface area contributed by atoms with Crippen LogP contribution in [0.2, 0.25) is 0 Å². The summed E-state index contributed by atoms with van der Waals surface area (Å²) in [6.45, 7) is 10.5. The summed E-state index contributed by atoms with van der Waals surface area (Å²) in [5.74, 6) is 0.985. The van der Waals surface area contributed by atoms with Crippen molar-refractivity contribution in [3.05, 3.63) is 55.1 Å². The minimum absolute atomic E-state index is 0.0337. The van der Waals surface area contributed by atoms with Gasteiger partial charge in [0.1, 0.15) is 0 Å². The molecular weight excluding hydrogens is 242 g/mol. The molecule has 0 aromatic heterocycles. The molecule has 0 saturated carbocycles. The number of thioether (sulfide) groups is 1. The van der Waals surface area contributed by atoms with E-state index in [9.17, 15) is 4.79 Å². The van der Waals surface area contributed by atoms with Gasteiger partial charge in [0.05, 0.1) is 5.56 Å². The summed E-state index contributed by atoms with van der Waals surface area (Å²) in [6.07, 6.45) is 3.47. The van der Waals surface area contributed by atoms with Crippen LogP contribution in [-0.4, -0.2) is 29.6 Å². The molecule has 0 aliphatic carbocycles. The number of carbonyl (C=O) groups excluding carboxylic acids is 1. The molecule has 0 spiro atoms. The van der Waals surface area contributed by atoms with Crippen LogP contribution in [0.1, 0.15) is 17.3 Å². The van der Waals surface area contributed by atoms with Gasteiger partial charge in [-0.2, -0.15) is 0 Å². The first kappa shape index (κ1) is 14.6. The van der Waals surface area contributed by atoms with Gasteiger partial charge < -0.3 is 4.90 Å². The molecule has 1 aromatic rings. The van der Waals surface area contributed by atoms with E-state index in [1.54, 1.807) is 28.8 Å². The van der Waals surface area contributed by atoms with Crippen molar-refractivity contribution < 1.29 is 4.79 Å². The molecule has 0 fully saturated rings. The van der Waals surface area contributed by atoms with Gasteiger partial charge in [-0.15, -0.1) is 24.9 Å². The molecule has 0 aliphatic rings. The maximum absolute atomic E-state index is 12.4. The molecule has 0 N–H and O–H groups in total. The number of amides is 1. The number of rotatable bonds is 7. The van der Waals surface area contributed by atoms with Crippen molar-refractivity contribution in [1.82, 2.24) is 4.90 Å². The number of hydrogen-bond donors (Lipinski definition) is 0. The third-order valence-electron chi connectivity index (χ3n) is 2.40. The van der Waals surface area contributed by atoms with Crippen molar-refractivity contribution in [3.8, 4) is 0 Å². The van der Waals surface area contributed by atoms with Crippen LogP contribution in [0.3, 0.4) is 0 Å². The summed E-state index contributed by atoms with van der Waals surface area (Å²) < 4.78 is 0. The molecule has 96 valence electrons. The summed E-state index contributed by atoms with van der Waals surface area (Å²) in [6, 6.07) is 7.72. The van der Waals surface area contributed by atoms with Gasteiger partial charge >= 0.3 is 0 Å². The molecule has 0 heterocycles. The Labute approximate surface area is 113 Å². The van der Waals surface area contributed by atoms with E-state index >= 15 is 0 Å². The highest BCUT2D eigenvalue weighted by molar-refractivity contribution is 7.99. The lowest BCUT2D eigenvalue weighted by molar-refractivity contribution is 0.0787. The first-order chi connectivity index (χ1) is 8.74. The molecule has 0 unspecified atom stereocenters. The van der Waals surface area contributed by atoms with Crippen LogP contribution in [0, 0.1) is 0 Å². The van der Waals surface area contributed by atoms with E-state index < -0.39 is 0 Å². The Morgan fingerprint density at radius 3 is 2.44 bits per heavy atom. The van der Waals surface area contributed by atoms with Crippen molar-refractivity contribution in [1.29, 1.82) is 0 Å². The summed E-state index contributed by atoms with van der Waals surface area (Å²) >= 11 is 1.68. The minimum Gasteiger partial charge on any atom is -0.331 e. The fraction of sp³-hybridized carbons (Fsp3) is 0.267. The Morgan fingerprint density at radius 1 is 1.28 bits per heavy atom. The number of benzene rings is 1. The molecule has 0 aliphatic heterocycles. The molecular formula is C15H19NOS. The van der Waals surface area contributed by atoms with E-state index in [0.29, 0.717) is 13.1 Å². The maximum atomic E-state index is 12.4. The van der Waals surface area contributed by atoms with Gasteiger partial charge in [-0.05, 0) is 17.9 Å². The van der Waals surface area contributed by atoms with Gasteiger partial charge in [0, 0.05) is 18.0 Å². The number of hydrogen-bond acceptors (Lipinski definition) is 2. The predicted molar refractivity (Wildman–Crippen MR) is 79.1 cm³/mol. The zero-order valence-electron chi connectivity index (χ0n) is 10.8. The van der Waals surface area contributed by atoms with Crippen molar-refractivity contribution >= 4 is 17.7 Å². The van der Waals surface area contributed by atoms with E-state index in [1.165, 1.54) is 0 Å².